The highest BCUT2D eigenvalue weighted by molar-refractivity contribution is 5.99. The number of hydrogen-bond donors (Lipinski definition) is 0. The molecule has 0 saturated carbocycles. The molecule has 0 aliphatic carbocycles. The second-order valence-corrected chi connectivity index (χ2v) is 7.94. The van der Waals surface area contributed by atoms with Crippen molar-refractivity contribution in [2.75, 3.05) is 19.6 Å². The maximum absolute atomic E-state index is 13.3. The lowest BCUT2D eigenvalue weighted by molar-refractivity contribution is -0.139. The van der Waals surface area contributed by atoms with Crippen LogP contribution in [-0.2, 0) is 4.79 Å². The molecule has 5 nitrogen and oxygen atoms in total. The van der Waals surface area contributed by atoms with Crippen LogP contribution in [0.3, 0.4) is 0 Å². The van der Waals surface area contributed by atoms with E-state index in [-0.39, 0.29) is 23.8 Å². The number of nitrogens with zero attached hydrogens (tertiary/aromatic N) is 3. The van der Waals surface area contributed by atoms with Crippen molar-refractivity contribution in [1.82, 2.24) is 14.8 Å². The fourth-order valence-corrected chi connectivity index (χ4v) is 4.57. The summed E-state index contributed by atoms with van der Waals surface area (Å²) in [7, 11) is 0. The van der Waals surface area contributed by atoms with E-state index in [9.17, 15) is 9.59 Å². The van der Waals surface area contributed by atoms with Gasteiger partial charge in [-0.3, -0.25) is 14.6 Å². The summed E-state index contributed by atoms with van der Waals surface area (Å²) in [4.78, 5) is 34.7. The number of para-hydroxylation sites is 1. The molecule has 5 rings (SSSR count). The molecule has 27 heavy (non-hydrogen) atoms. The van der Waals surface area contributed by atoms with Crippen molar-refractivity contribution in [2.24, 2.45) is 5.92 Å². The number of amides is 2. The number of rotatable bonds is 3. The predicted octanol–water partition coefficient (Wildman–Crippen LogP) is 3.32. The molecule has 1 aromatic heterocycles. The van der Waals surface area contributed by atoms with Crippen LogP contribution >= 0.6 is 0 Å². The van der Waals surface area contributed by atoms with Crippen LogP contribution in [0.15, 0.2) is 24.3 Å². The minimum absolute atomic E-state index is 0.00598. The number of aromatic nitrogens is 1. The van der Waals surface area contributed by atoms with Crippen LogP contribution in [0.25, 0.3) is 10.9 Å². The molecular formula is C22H27N3O2. The molecule has 0 radical (unpaired) electrons. The second-order valence-electron chi connectivity index (χ2n) is 7.94. The Morgan fingerprint density at radius 1 is 1.22 bits per heavy atom. The number of benzene rings is 1. The van der Waals surface area contributed by atoms with Crippen LogP contribution in [0.2, 0.25) is 0 Å². The van der Waals surface area contributed by atoms with Crippen molar-refractivity contribution in [1.29, 1.82) is 0 Å². The Morgan fingerprint density at radius 2 is 2.04 bits per heavy atom. The first-order valence-corrected chi connectivity index (χ1v) is 9.96. The Labute approximate surface area is 160 Å². The molecule has 3 saturated heterocycles. The van der Waals surface area contributed by atoms with Gasteiger partial charge >= 0.3 is 0 Å². The summed E-state index contributed by atoms with van der Waals surface area (Å²) in [5.74, 6) is 0.175. The van der Waals surface area contributed by atoms with Crippen molar-refractivity contribution in [3.05, 3.63) is 41.1 Å². The maximum Gasteiger partial charge on any atom is 0.255 e. The van der Waals surface area contributed by atoms with Crippen molar-refractivity contribution < 1.29 is 9.59 Å². The summed E-state index contributed by atoms with van der Waals surface area (Å²) >= 11 is 0. The third-order valence-corrected chi connectivity index (χ3v) is 6.01. The number of carbonyl (C=O) groups excluding carboxylic acids is 2. The fourth-order valence-electron chi connectivity index (χ4n) is 4.57. The molecule has 3 aliphatic rings. The quantitative estimate of drug-likeness (QED) is 0.838. The number of hydrogen-bond acceptors (Lipinski definition) is 3. The van der Waals surface area contributed by atoms with Gasteiger partial charge in [-0.05, 0) is 44.7 Å². The van der Waals surface area contributed by atoms with Gasteiger partial charge in [0.15, 0.2) is 0 Å². The standard InChI is InChI=1S/C22H27N3O2/c1-4-10-25-18-9-8-17(21(25)26)12-24(13-18)22(27)19-11-16-7-5-6-14(2)20(16)23-15(19)3/h5-7,11,17-18H,4,8-10,12-13H2,1-3H3/t17-,18+/m1/s1. The average Bonchev–Trinajstić information content (AvgIpc) is 2.94. The molecule has 2 aromatic rings. The molecule has 5 heteroatoms. The molecule has 0 N–H and O–H groups in total. The van der Waals surface area contributed by atoms with E-state index >= 15 is 0 Å². The highest BCUT2D eigenvalue weighted by atomic mass is 16.2. The molecule has 4 heterocycles. The summed E-state index contributed by atoms with van der Waals surface area (Å²) in [6.07, 6.45) is 2.84. The van der Waals surface area contributed by atoms with Gasteiger partial charge in [0.25, 0.3) is 5.91 Å². The first-order valence-electron chi connectivity index (χ1n) is 9.96. The largest absolute Gasteiger partial charge is 0.338 e. The van der Waals surface area contributed by atoms with Gasteiger partial charge in [-0.2, -0.15) is 0 Å². The summed E-state index contributed by atoms with van der Waals surface area (Å²) in [5, 5.41) is 0.991. The Balaban J connectivity index is 1.66. The van der Waals surface area contributed by atoms with Crippen molar-refractivity contribution in [2.45, 2.75) is 46.1 Å². The Morgan fingerprint density at radius 3 is 2.81 bits per heavy atom. The minimum Gasteiger partial charge on any atom is -0.338 e. The Bertz CT molecular complexity index is 908. The summed E-state index contributed by atoms with van der Waals surface area (Å²) in [6.45, 7) is 7.99. The zero-order chi connectivity index (χ0) is 19.1. The van der Waals surface area contributed by atoms with E-state index in [0.29, 0.717) is 18.7 Å². The smallest absolute Gasteiger partial charge is 0.255 e. The summed E-state index contributed by atoms with van der Waals surface area (Å²) in [5.41, 5.74) is 3.48. The van der Waals surface area contributed by atoms with Crippen molar-refractivity contribution >= 4 is 22.7 Å². The maximum atomic E-state index is 13.3. The van der Waals surface area contributed by atoms with Crippen LogP contribution in [0.4, 0.5) is 0 Å². The Kier molecular flexibility index (Phi) is 4.62. The van der Waals surface area contributed by atoms with Crippen LogP contribution in [0.1, 0.15) is 47.8 Å². The van der Waals surface area contributed by atoms with Crippen LogP contribution in [0, 0.1) is 19.8 Å². The summed E-state index contributed by atoms with van der Waals surface area (Å²) in [6, 6.07) is 8.15. The third-order valence-electron chi connectivity index (χ3n) is 6.01. The zero-order valence-electron chi connectivity index (χ0n) is 16.4. The number of pyridine rings is 1. The van der Waals surface area contributed by atoms with Gasteiger partial charge < -0.3 is 9.80 Å². The van der Waals surface area contributed by atoms with E-state index in [1.165, 1.54) is 0 Å². The van der Waals surface area contributed by atoms with E-state index in [0.717, 1.165) is 48.0 Å². The molecule has 1 aromatic carbocycles. The molecule has 2 atom stereocenters. The SMILES string of the molecule is CCCN1C(=O)[C@@H]2CC[C@H]1CN(C(=O)c1cc3cccc(C)c3nc1C)C2. The normalized spacial score (nSPS) is 22.4. The second kappa shape index (κ2) is 6.95. The van der Waals surface area contributed by atoms with Gasteiger partial charge in [-0.25, -0.2) is 0 Å². The van der Waals surface area contributed by atoms with Gasteiger partial charge in [0, 0.05) is 31.1 Å². The number of aryl methyl sites for hydroxylation is 2. The topological polar surface area (TPSA) is 53.5 Å². The van der Waals surface area contributed by atoms with E-state index in [4.69, 9.17) is 4.98 Å². The summed E-state index contributed by atoms with van der Waals surface area (Å²) < 4.78 is 0. The molecule has 3 aliphatic heterocycles. The monoisotopic (exact) mass is 365 g/mol. The van der Waals surface area contributed by atoms with Gasteiger partial charge in [-0.15, -0.1) is 0 Å². The van der Waals surface area contributed by atoms with Crippen molar-refractivity contribution in [3.63, 3.8) is 0 Å². The van der Waals surface area contributed by atoms with E-state index in [2.05, 4.69) is 6.92 Å². The predicted molar refractivity (Wildman–Crippen MR) is 106 cm³/mol. The lowest BCUT2D eigenvalue weighted by Crippen LogP contribution is -2.48. The fraction of sp³-hybridized carbons (Fsp3) is 0.500. The van der Waals surface area contributed by atoms with E-state index in [1.807, 2.05) is 47.9 Å². The Hall–Kier alpha value is -2.43. The molecule has 2 amide bonds. The minimum atomic E-state index is -0.0600. The van der Waals surface area contributed by atoms with Crippen LogP contribution in [-0.4, -0.2) is 52.3 Å². The number of piperidine rings is 1. The molecule has 3 fully saturated rings. The number of carbonyl (C=O) groups is 2. The molecule has 2 bridgehead atoms. The van der Waals surface area contributed by atoms with Gasteiger partial charge in [0.2, 0.25) is 5.91 Å². The van der Waals surface area contributed by atoms with Gasteiger partial charge in [0.05, 0.1) is 22.7 Å². The van der Waals surface area contributed by atoms with Crippen molar-refractivity contribution in [3.8, 4) is 0 Å². The van der Waals surface area contributed by atoms with Crippen LogP contribution < -0.4 is 0 Å². The van der Waals surface area contributed by atoms with Gasteiger partial charge in [0.1, 0.15) is 0 Å². The van der Waals surface area contributed by atoms with E-state index < -0.39 is 0 Å². The van der Waals surface area contributed by atoms with Gasteiger partial charge in [-0.1, -0.05) is 25.1 Å². The first kappa shape index (κ1) is 18.0. The number of fused-ring (bicyclic) bond motifs is 5. The van der Waals surface area contributed by atoms with Crippen LogP contribution in [0.5, 0.6) is 0 Å². The highest BCUT2D eigenvalue weighted by Crippen LogP contribution is 2.30. The molecular weight excluding hydrogens is 338 g/mol. The highest BCUT2D eigenvalue weighted by Gasteiger charge is 2.41. The molecule has 0 unspecified atom stereocenters. The lowest BCUT2D eigenvalue weighted by atomic mass is 9.94. The molecule has 142 valence electrons. The third kappa shape index (κ3) is 3.09. The molecule has 0 spiro atoms. The van der Waals surface area contributed by atoms with E-state index in [1.54, 1.807) is 0 Å². The lowest BCUT2D eigenvalue weighted by Gasteiger charge is -2.35. The average molecular weight is 365 g/mol. The zero-order valence-corrected chi connectivity index (χ0v) is 16.4. The first-order chi connectivity index (χ1) is 13.0.